The first-order chi connectivity index (χ1) is 9.00. The number of hydrogen-bond acceptors (Lipinski definition) is 4. The average Bonchev–Trinajstić information content (AvgIpc) is 2.87. The number of furan rings is 1. The van der Waals surface area contributed by atoms with Crippen LogP contribution < -0.4 is 14.8 Å². The highest BCUT2D eigenvalue weighted by Crippen LogP contribution is 2.42. The predicted molar refractivity (Wildman–Crippen MR) is 73.8 cm³/mol. The predicted octanol–water partition coefficient (Wildman–Crippen LogP) is 3.18. The molecule has 0 amide bonds. The van der Waals surface area contributed by atoms with Crippen LogP contribution in [0.5, 0.6) is 11.5 Å². The summed E-state index contributed by atoms with van der Waals surface area (Å²) in [6, 6.07) is 3.95. The van der Waals surface area contributed by atoms with Gasteiger partial charge in [-0.1, -0.05) is 20.8 Å². The Morgan fingerprint density at radius 2 is 1.84 bits per heavy atom. The summed E-state index contributed by atoms with van der Waals surface area (Å²) >= 11 is 0. The summed E-state index contributed by atoms with van der Waals surface area (Å²) in [5.74, 6) is 2.54. The highest BCUT2D eigenvalue weighted by atomic mass is 16.7. The van der Waals surface area contributed by atoms with Gasteiger partial charge in [0.15, 0.2) is 11.5 Å². The molecule has 4 nitrogen and oxygen atoms in total. The second kappa shape index (κ2) is 4.17. The Morgan fingerprint density at radius 3 is 2.47 bits per heavy atom. The van der Waals surface area contributed by atoms with E-state index in [9.17, 15) is 0 Å². The molecule has 0 saturated carbocycles. The first kappa shape index (κ1) is 12.4. The van der Waals surface area contributed by atoms with E-state index in [0.717, 1.165) is 28.2 Å². The van der Waals surface area contributed by atoms with Gasteiger partial charge < -0.3 is 19.2 Å². The molecule has 102 valence electrons. The van der Waals surface area contributed by atoms with Crippen LogP contribution >= 0.6 is 0 Å². The number of nitrogens with one attached hydrogen (secondary N) is 1. The molecule has 0 bridgehead atoms. The summed E-state index contributed by atoms with van der Waals surface area (Å²) in [5.41, 5.74) is 2.11. The van der Waals surface area contributed by atoms with Gasteiger partial charge in [0.1, 0.15) is 11.3 Å². The fraction of sp³-hybridized carbons (Fsp3) is 0.467. The molecule has 1 aliphatic heterocycles. The SMILES string of the molecule is CNCc1oc2cc3c(cc2c1C(C)(C)C)OCO3. The molecule has 0 aliphatic carbocycles. The van der Waals surface area contributed by atoms with Crippen molar-refractivity contribution < 1.29 is 13.9 Å². The highest BCUT2D eigenvalue weighted by Gasteiger charge is 2.27. The Bertz CT molecular complexity index is 622. The smallest absolute Gasteiger partial charge is 0.231 e. The first-order valence-electron chi connectivity index (χ1n) is 6.51. The number of fused-ring (bicyclic) bond motifs is 2. The van der Waals surface area contributed by atoms with Crippen LogP contribution in [0.4, 0.5) is 0 Å². The van der Waals surface area contributed by atoms with E-state index in [1.165, 1.54) is 5.56 Å². The molecule has 1 aromatic heterocycles. The molecular formula is C15H19NO3. The van der Waals surface area contributed by atoms with E-state index in [-0.39, 0.29) is 12.2 Å². The lowest BCUT2D eigenvalue weighted by Crippen LogP contribution is -2.15. The summed E-state index contributed by atoms with van der Waals surface area (Å²) < 4.78 is 16.9. The molecule has 3 rings (SSSR count). The fourth-order valence-corrected chi connectivity index (χ4v) is 2.64. The second-order valence-corrected chi connectivity index (χ2v) is 5.88. The van der Waals surface area contributed by atoms with Crippen LogP contribution in [0, 0.1) is 0 Å². The molecule has 0 spiro atoms. The van der Waals surface area contributed by atoms with E-state index in [4.69, 9.17) is 13.9 Å². The lowest BCUT2D eigenvalue weighted by molar-refractivity contribution is 0.174. The molecular weight excluding hydrogens is 242 g/mol. The van der Waals surface area contributed by atoms with E-state index in [1.807, 2.05) is 19.2 Å². The molecule has 0 saturated heterocycles. The summed E-state index contributed by atoms with van der Waals surface area (Å²) in [7, 11) is 1.92. The highest BCUT2D eigenvalue weighted by molar-refractivity contribution is 5.87. The normalized spacial score (nSPS) is 14.3. The third-order valence-corrected chi connectivity index (χ3v) is 3.34. The minimum absolute atomic E-state index is 0.0190. The molecule has 1 aromatic carbocycles. The van der Waals surface area contributed by atoms with Gasteiger partial charge in [0.2, 0.25) is 6.79 Å². The molecule has 2 aromatic rings. The summed E-state index contributed by atoms with van der Waals surface area (Å²) in [4.78, 5) is 0. The molecule has 19 heavy (non-hydrogen) atoms. The van der Waals surface area contributed by atoms with Crippen molar-refractivity contribution in [1.82, 2.24) is 5.32 Å². The topological polar surface area (TPSA) is 43.6 Å². The zero-order valence-corrected chi connectivity index (χ0v) is 11.8. The fourth-order valence-electron chi connectivity index (χ4n) is 2.64. The Morgan fingerprint density at radius 1 is 1.16 bits per heavy atom. The summed E-state index contributed by atoms with van der Waals surface area (Å²) in [6.07, 6.45) is 0. The van der Waals surface area contributed by atoms with E-state index in [2.05, 4.69) is 26.1 Å². The van der Waals surface area contributed by atoms with Crippen LogP contribution in [0.15, 0.2) is 16.5 Å². The van der Waals surface area contributed by atoms with Gasteiger partial charge in [0, 0.05) is 17.0 Å². The van der Waals surface area contributed by atoms with Crippen molar-refractivity contribution in [1.29, 1.82) is 0 Å². The van der Waals surface area contributed by atoms with Crippen molar-refractivity contribution in [2.75, 3.05) is 13.8 Å². The van der Waals surface area contributed by atoms with Crippen LogP contribution in [0.3, 0.4) is 0 Å². The zero-order chi connectivity index (χ0) is 13.6. The summed E-state index contributed by atoms with van der Waals surface area (Å²) in [6.45, 7) is 7.59. The van der Waals surface area contributed by atoms with E-state index in [0.29, 0.717) is 6.54 Å². The lowest BCUT2D eigenvalue weighted by atomic mass is 9.84. The molecule has 2 heterocycles. The van der Waals surface area contributed by atoms with Gasteiger partial charge in [-0.25, -0.2) is 0 Å². The van der Waals surface area contributed by atoms with Gasteiger partial charge >= 0.3 is 0 Å². The quantitative estimate of drug-likeness (QED) is 0.901. The third-order valence-electron chi connectivity index (χ3n) is 3.34. The Balaban J connectivity index is 2.26. The van der Waals surface area contributed by atoms with Crippen molar-refractivity contribution in [3.05, 3.63) is 23.5 Å². The van der Waals surface area contributed by atoms with Crippen molar-refractivity contribution in [2.45, 2.75) is 32.7 Å². The monoisotopic (exact) mass is 261 g/mol. The Kier molecular flexibility index (Phi) is 2.71. The molecule has 0 atom stereocenters. The van der Waals surface area contributed by atoms with E-state index >= 15 is 0 Å². The molecule has 0 unspecified atom stereocenters. The molecule has 0 fully saturated rings. The Labute approximate surface area is 112 Å². The standard InChI is InChI=1S/C15H19NO3/c1-15(2,3)14-9-5-11-12(18-8-17-11)6-10(9)19-13(14)7-16-4/h5-6,16H,7-8H2,1-4H3. The zero-order valence-electron chi connectivity index (χ0n) is 11.8. The first-order valence-corrected chi connectivity index (χ1v) is 6.51. The van der Waals surface area contributed by atoms with Gasteiger partial charge in [0.05, 0.1) is 6.54 Å². The molecule has 1 aliphatic rings. The van der Waals surface area contributed by atoms with Gasteiger partial charge in [0.25, 0.3) is 0 Å². The van der Waals surface area contributed by atoms with Gasteiger partial charge in [-0.15, -0.1) is 0 Å². The van der Waals surface area contributed by atoms with Crippen molar-refractivity contribution >= 4 is 11.0 Å². The van der Waals surface area contributed by atoms with Gasteiger partial charge in [-0.05, 0) is 18.5 Å². The number of benzene rings is 1. The maximum atomic E-state index is 5.99. The van der Waals surface area contributed by atoms with Crippen LogP contribution in [-0.4, -0.2) is 13.8 Å². The second-order valence-electron chi connectivity index (χ2n) is 5.88. The minimum atomic E-state index is 0.0190. The number of rotatable bonds is 2. The summed E-state index contributed by atoms with van der Waals surface area (Å²) in [5, 5.41) is 4.27. The van der Waals surface area contributed by atoms with Crippen molar-refractivity contribution in [3.8, 4) is 11.5 Å². The maximum absolute atomic E-state index is 5.99. The van der Waals surface area contributed by atoms with Crippen LogP contribution in [0.25, 0.3) is 11.0 Å². The van der Waals surface area contributed by atoms with Gasteiger partial charge in [-0.3, -0.25) is 0 Å². The Hall–Kier alpha value is -1.68. The third kappa shape index (κ3) is 1.96. The van der Waals surface area contributed by atoms with Crippen LogP contribution in [-0.2, 0) is 12.0 Å². The molecule has 0 radical (unpaired) electrons. The minimum Gasteiger partial charge on any atom is -0.459 e. The molecule has 1 N–H and O–H groups in total. The number of ether oxygens (including phenoxy) is 2. The number of hydrogen-bond donors (Lipinski definition) is 1. The molecule has 4 heteroatoms. The lowest BCUT2D eigenvalue weighted by Gasteiger charge is -2.19. The van der Waals surface area contributed by atoms with E-state index in [1.54, 1.807) is 0 Å². The average molecular weight is 261 g/mol. The van der Waals surface area contributed by atoms with Crippen LogP contribution in [0.2, 0.25) is 0 Å². The largest absolute Gasteiger partial charge is 0.459 e. The van der Waals surface area contributed by atoms with Crippen molar-refractivity contribution in [3.63, 3.8) is 0 Å². The van der Waals surface area contributed by atoms with Crippen molar-refractivity contribution in [2.24, 2.45) is 0 Å². The van der Waals surface area contributed by atoms with Gasteiger partial charge in [-0.2, -0.15) is 0 Å². The van der Waals surface area contributed by atoms with Crippen LogP contribution in [0.1, 0.15) is 32.1 Å². The van der Waals surface area contributed by atoms with E-state index < -0.39 is 0 Å². The maximum Gasteiger partial charge on any atom is 0.231 e.